The molecule has 0 saturated heterocycles. The smallest absolute Gasteiger partial charge is 0.130 e. The summed E-state index contributed by atoms with van der Waals surface area (Å²) in [5.74, 6) is 1.89. The normalized spacial score (nSPS) is 10.3. The fourth-order valence-electron chi connectivity index (χ4n) is 1.17. The number of aromatic nitrogens is 2. The Balaban J connectivity index is 2.90. The van der Waals surface area contributed by atoms with E-state index < -0.39 is 0 Å². The van der Waals surface area contributed by atoms with Gasteiger partial charge in [-0.1, -0.05) is 25.6 Å². The minimum Gasteiger partial charge on any atom is -0.346 e. The first kappa shape index (κ1) is 10.7. The lowest BCUT2D eigenvalue weighted by Gasteiger charge is -2.02. The average molecular weight is 214 g/mol. The molecule has 4 heteroatoms. The van der Waals surface area contributed by atoms with Crippen LogP contribution in [0.15, 0.2) is 6.07 Å². The van der Waals surface area contributed by atoms with Gasteiger partial charge in [-0.2, -0.15) is 11.8 Å². The molecule has 13 heavy (non-hydrogen) atoms. The van der Waals surface area contributed by atoms with E-state index in [1.165, 1.54) is 5.69 Å². The van der Waals surface area contributed by atoms with Gasteiger partial charge in [-0.15, -0.1) is 0 Å². The summed E-state index contributed by atoms with van der Waals surface area (Å²) in [5.41, 5.74) is 1.20. The van der Waals surface area contributed by atoms with Crippen molar-refractivity contribution >= 4 is 24.0 Å². The second kappa shape index (κ2) is 5.40. The van der Waals surface area contributed by atoms with E-state index in [4.69, 9.17) is 12.2 Å². The Labute approximate surface area is 88.2 Å². The molecule has 0 bridgehead atoms. The Morgan fingerprint density at radius 1 is 1.62 bits per heavy atom. The van der Waals surface area contributed by atoms with Crippen molar-refractivity contribution in [2.24, 2.45) is 0 Å². The molecule has 0 aromatic carbocycles. The molecule has 0 unspecified atom stereocenters. The molecule has 1 aromatic heterocycles. The molecule has 1 heterocycles. The van der Waals surface area contributed by atoms with Gasteiger partial charge in [0.05, 0.1) is 5.75 Å². The van der Waals surface area contributed by atoms with E-state index in [0.717, 1.165) is 24.4 Å². The third kappa shape index (κ3) is 3.48. The van der Waals surface area contributed by atoms with Crippen LogP contribution in [-0.4, -0.2) is 16.2 Å². The van der Waals surface area contributed by atoms with Crippen LogP contribution in [0.3, 0.4) is 0 Å². The number of aromatic amines is 1. The second-order valence-electron chi connectivity index (χ2n) is 2.87. The summed E-state index contributed by atoms with van der Waals surface area (Å²) < 4.78 is 0.700. The number of hydrogen-bond acceptors (Lipinski definition) is 3. The van der Waals surface area contributed by atoms with Gasteiger partial charge in [-0.25, -0.2) is 4.98 Å². The van der Waals surface area contributed by atoms with Gasteiger partial charge in [-0.05, 0) is 18.7 Å². The maximum atomic E-state index is 5.08. The number of rotatable bonds is 4. The van der Waals surface area contributed by atoms with Crippen LogP contribution in [0.2, 0.25) is 0 Å². The molecule has 0 aliphatic rings. The highest BCUT2D eigenvalue weighted by Crippen LogP contribution is 2.06. The number of nitrogens with zero attached hydrogens (tertiary/aromatic N) is 1. The van der Waals surface area contributed by atoms with E-state index in [2.05, 4.69) is 23.1 Å². The lowest BCUT2D eigenvalue weighted by atomic mass is 10.2. The first-order valence-electron chi connectivity index (χ1n) is 4.34. The summed E-state index contributed by atoms with van der Waals surface area (Å²) in [6.07, 6.45) is 4.24. The first-order valence-corrected chi connectivity index (χ1v) is 6.14. The number of thioether (sulfide) groups is 1. The molecule has 0 fully saturated rings. The summed E-state index contributed by atoms with van der Waals surface area (Å²) in [6.45, 7) is 2.16. The van der Waals surface area contributed by atoms with Crippen molar-refractivity contribution in [2.45, 2.75) is 25.5 Å². The number of nitrogens with one attached hydrogen (secondary N) is 1. The predicted molar refractivity (Wildman–Crippen MR) is 60.6 cm³/mol. The van der Waals surface area contributed by atoms with Crippen molar-refractivity contribution in [3.8, 4) is 0 Å². The maximum absolute atomic E-state index is 5.08. The van der Waals surface area contributed by atoms with Crippen LogP contribution < -0.4 is 0 Å². The van der Waals surface area contributed by atoms with Gasteiger partial charge in [0.2, 0.25) is 0 Å². The van der Waals surface area contributed by atoms with Crippen LogP contribution in [0.5, 0.6) is 0 Å². The maximum Gasteiger partial charge on any atom is 0.130 e. The number of hydrogen-bond donors (Lipinski definition) is 1. The summed E-state index contributed by atoms with van der Waals surface area (Å²) in [7, 11) is 0. The van der Waals surface area contributed by atoms with Gasteiger partial charge in [0, 0.05) is 5.69 Å². The molecule has 72 valence electrons. The van der Waals surface area contributed by atoms with Crippen LogP contribution >= 0.6 is 24.0 Å². The van der Waals surface area contributed by atoms with E-state index >= 15 is 0 Å². The lowest BCUT2D eigenvalue weighted by molar-refractivity contribution is 0.851. The third-order valence-corrected chi connectivity index (χ3v) is 2.42. The van der Waals surface area contributed by atoms with Gasteiger partial charge in [0.15, 0.2) is 0 Å². The molecule has 0 atom stereocenters. The van der Waals surface area contributed by atoms with Gasteiger partial charge in [0.1, 0.15) is 10.5 Å². The molecule has 0 amide bonds. The molecule has 0 aliphatic carbocycles. The largest absolute Gasteiger partial charge is 0.346 e. The summed E-state index contributed by atoms with van der Waals surface area (Å²) in [4.78, 5) is 7.53. The molecule has 1 N–H and O–H groups in total. The highest BCUT2D eigenvalue weighted by molar-refractivity contribution is 7.97. The van der Waals surface area contributed by atoms with Gasteiger partial charge >= 0.3 is 0 Å². The number of aryl methyl sites for hydroxylation is 1. The average Bonchev–Trinajstić information content (AvgIpc) is 2.04. The van der Waals surface area contributed by atoms with E-state index in [9.17, 15) is 0 Å². The Bertz CT molecular complexity index is 292. The Kier molecular flexibility index (Phi) is 4.45. The van der Waals surface area contributed by atoms with Crippen molar-refractivity contribution in [2.75, 3.05) is 6.26 Å². The summed E-state index contributed by atoms with van der Waals surface area (Å²) >= 11 is 6.83. The minimum atomic E-state index is 0.700. The highest BCUT2D eigenvalue weighted by atomic mass is 32.2. The van der Waals surface area contributed by atoms with Crippen LogP contribution in [0.25, 0.3) is 0 Å². The third-order valence-electron chi connectivity index (χ3n) is 1.65. The highest BCUT2D eigenvalue weighted by Gasteiger charge is 1.97. The van der Waals surface area contributed by atoms with Crippen LogP contribution in [-0.2, 0) is 12.2 Å². The molecule has 0 radical (unpaired) electrons. The fourth-order valence-corrected chi connectivity index (χ4v) is 1.84. The molecule has 0 aliphatic heterocycles. The molecule has 2 nitrogen and oxygen atoms in total. The molecular formula is C9H14N2S2. The zero-order valence-electron chi connectivity index (χ0n) is 7.96. The van der Waals surface area contributed by atoms with Gasteiger partial charge in [-0.3, -0.25) is 0 Å². The van der Waals surface area contributed by atoms with E-state index in [0.29, 0.717) is 4.64 Å². The van der Waals surface area contributed by atoms with Crippen molar-refractivity contribution in [1.29, 1.82) is 0 Å². The molecular weight excluding hydrogens is 200 g/mol. The summed E-state index contributed by atoms with van der Waals surface area (Å²) in [5, 5.41) is 0. The zero-order chi connectivity index (χ0) is 9.68. The SMILES string of the molecule is CCCc1cc(=S)nc(CSC)[nH]1. The quantitative estimate of drug-likeness (QED) is 0.781. The Hall–Kier alpha value is -0.350. The van der Waals surface area contributed by atoms with E-state index in [1.54, 1.807) is 11.8 Å². The topological polar surface area (TPSA) is 28.7 Å². The minimum absolute atomic E-state index is 0.700. The van der Waals surface area contributed by atoms with E-state index in [1.807, 2.05) is 6.07 Å². The molecule has 0 spiro atoms. The fraction of sp³-hybridized carbons (Fsp3) is 0.556. The zero-order valence-corrected chi connectivity index (χ0v) is 9.60. The number of H-pyrrole nitrogens is 1. The first-order chi connectivity index (χ1) is 6.26. The van der Waals surface area contributed by atoms with Crippen molar-refractivity contribution < 1.29 is 0 Å². The van der Waals surface area contributed by atoms with Crippen molar-refractivity contribution in [3.05, 3.63) is 22.2 Å². The monoisotopic (exact) mass is 214 g/mol. The van der Waals surface area contributed by atoms with Gasteiger partial charge in [0.25, 0.3) is 0 Å². The molecule has 0 saturated carbocycles. The van der Waals surface area contributed by atoms with Crippen molar-refractivity contribution in [3.63, 3.8) is 0 Å². The van der Waals surface area contributed by atoms with Crippen LogP contribution in [0.4, 0.5) is 0 Å². The summed E-state index contributed by atoms with van der Waals surface area (Å²) in [6, 6.07) is 1.95. The van der Waals surface area contributed by atoms with Crippen molar-refractivity contribution in [1.82, 2.24) is 9.97 Å². The van der Waals surface area contributed by atoms with Crippen LogP contribution in [0.1, 0.15) is 24.9 Å². The molecule has 1 aromatic rings. The van der Waals surface area contributed by atoms with Gasteiger partial charge < -0.3 is 4.98 Å². The van der Waals surface area contributed by atoms with E-state index in [-0.39, 0.29) is 0 Å². The van der Waals surface area contributed by atoms with Crippen LogP contribution in [0, 0.1) is 4.64 Å². The second-order valence-corrected chi connectivity index (χ2v) is 4.16. The molecule has 1 rings (SSSR count). The Morgan fingerprint density at radius 3 is 3.00 bits per heavy atom. The standard InChI is InChI=1S/C9H14N2S2/c1-3-4-7-5-9(12)11-8(10-7)6-13-2/h5H,3-4,6H2,1-2H3,(H,10,11,12). The Morgan fingerprint density at radius 2 is 2.38 bits per heavy atom. The lowest BCUT2D eigenvalue weighted by Crippen LogP contribution is -1.98. The predicted octanol–water partition coefficient (Wildman–Crippen LogP) is 2.95.